The number of rotatable bonds is 5. The molecule has 2 amide bonds. The van der Waals surface area contributed by atoms with E-state index in [1.54, 1.807) is 24.5 Å². The summed E-state index contributed by atoms with van der Waals surface area (Å²) in [5.74, 6) is 1.72. The third-order valence-corrected chi connectivity index (χ3v) is 5.00. The number of nitrogens with zero attached hydrogens (tertiary/aromatic N) is 4. The van der Waals surface area contributed by atoms with Crippen LogP contribution in [0, 0.1) is 0 Å². The average Bonchev–Trinajstić information content (AvgIpc) is 3.22. The summed E-state index contributed by atoms with van der Waals surface area (Å²) in [6, 6.07) is 5.66. The smallest absolute Gasteiger partial charge is 0.318 e. The Balaban J connectivity index is 1.60. The van der Waals surface area contributed by atoms with Crippen molar-refractivity contribution in [2.45, 2.75) is 45.2 Å². The van der Waals surface area contributed by atoms with Gasteiger partial charge in [-0.1, -0.05) is 6.92 Å². The van der Waals surface area contributed by atoms with Crippen molar-refractivity contribution in [2.75, 3.05) is 25.0 Å². The zero-order chi connectivity index (χ0) is 18.5. The lowest BCUT2D eigenvalue weighted by molar-refractivity contribution is 0.182. The van der Waals surface area contributed by atoms with Crippen molar-refractivity contribution in [3.05, 3.63) is 42.2 Å². The Kier molecular flexibility index (Phi) is 5.75. The van der Waals surface area contributed by atoms with E-state index in [0.717, 1.165) is 49.6 Å². The Labute approximate surface area is 154 Å². The van der Waals surface area contributed by atoms with Gasteiger partial charge in [0.2, 0.25) is 0 Å². The number of carbonyl (C=O) groups is 1. The molecule has 2 unspecified atom stereocenters. The maximum Gasteiger partial charge on any atom is 0.318 e. The van der Waals surface area contributed by atoms with Crippen LogP contribution in [0.4, 0.5) is 10.6 Å². The molecule has 2 aromatic heterocycles. The standard InChI is InChI=1S/C19H27N5O2/c1-4-15-11-18(21-13-20-15)24-9-5-7-16(12-24)22-19(25)23(3)14(2)17-8-6-10-26-17/h6,8,10-11,13-14,16H,4-5,7,9,12H2,1-3H3,(H,22,25). The predicted molar refractivity (Wildman–Crippen MR) is 100 cm³/mol. The topological polar surface area (TPSA) is 74.5 Å². The third-order valence-electron chi connectivity index (χ3n) is 5.00. The van der Waals surface area contributed by atoms with Crippen molar-refractivity contribution in [1.82, 2.24) is 20.2 Å². The van der Waals surface area contributed by atoms with E-state index in [1.165, 1.54) is 0 Å². The molecule has 1 N–H and O–H groups in total. The molecule has 26 heavy (non-hydrogen) atoms. The highest BCUT2D eigenvalue weighted by Gasteiger charge is 2.26. The largest absolute Gasteiger partial charge is 0.467 e. The molecular formula is C19H27N5O2. The number of piperidine rings is 1. The summed E-state index contributed by atoms with van der Waals surface area (Å²) in [7, 11) is 1.79. The summed E-state index contributed by atoms with van der Waals surface area (Å²) >= 11 is 0. The van der Waals surface area contributed by atoms with E-state index in [9.17, 15) is 4.79 Å². The van der Waals surface area contributed by atoms with Gasteiger partial charge in [0.25, 0.3) is 0 Å². The summed E-state index contributed by atoms with van der Waals surface area (Å²) in [5.41, 5.74) is 1.04. The van der Waals surface area contributed by atoms with Crippen LogP contribution in [0.25, 0.3) is 0 Å². The van der Waals surface area contributed by atoms with Crippen LogP contribution in [0.5, 0.6) is 0 Å². The molecule has 0 bridgehead atoms. The Morgan fingerprint density at radius 1 is 1.50 bits per heavy atom. The van der Waals surface area contributed by atoms with Crippen LogP contribution in [-0.2, 0) is 6.42 Å². The molecule has 7 heteroatoms. The molecule has 0 saturated carbocycles. The SMILES string of the molecule is CCc1cc(N2CCCC(NC(=O)N(C)C(C)c3ccco3)C2)ncn1. The molecule has 7 nitrogen and oxygen atoms in total. The minimum atomic E-state index is -0.112. The number of carbonyl (C=O) groups excluding carboxylic acids is 1. The van der Waals surface area contributed by atoms with Gasteiger partial charge in [-0.2, -0.15) is 0 Å². The van der Waals surface area contributed by atoms with E-state index < -0.39 is 0 Å². The second-order valence-electron chi connectivity index (χ2n) is 6.76. The fraction of sp³-hybridized carbons (Fsp3) is 0.526. The molecule has 0 aromatic carbocycles. The van der Waals surface area contributed by atoms with E-state index >= 15 is 0 Å². The van der Waals surface area contributed by atoms with Gasteiger partial charge < -0.3 is 19.5 Å². The van der Waals surface area contributed by atoms with Gasteiger partial charge in [0.05, 0.1) is 12.3 Å². The maximum atomic E-state index is 12.6. The highest BCUT2D eigenvalue weighted by Crippen LogP contribution is 2.21. The van der Waals surface area contributed by atoms with Gasteiger partial charge in [0.15, 0.2) is 0 Å². The fourth-order valence-corrected chi connectivity index (χ4v) is 3.23. The van der Waals surface area contributed by atoms with Gasteiger partial charge in [-0.05, 0) is 38.3 Å². The summed E-state index contributed by atoms with van der Waals surface area (Å²) in [6.45, 7) is 5.75. The first kappa shape index (κ1) is 18.2. The van der Waals surface area contributed by atoms with Crippen LogP contribution >= 0.6 is 0 Å². The zero-order valence-electron chi connectivity index (χ0n) is 15.7. The molecule has 1 saturated heterocycles. The number of hydrogen-bond donors (Lipinski definition) is 1. The second kappa shape index (κ2) is 8.21. The fourth-order valence-electron chi connectivity index (χ4n) is 3.23. The van der Waals surface area contributed by atoms with Crippen LogP contribution in [0.15, 0.2) is 35.2 Å². The first-order valence-corrected chi connectivity index (χ1v) is 9.21. The van der Waals surface area contributed by atoms with E-state index in [0.29, 0.717) is 0 Å². The van der Waals surface area contributed by atoms with Crippen LogP contribution in [0.1, 0.15) is 44.2 Å². The lowest BCUT2D eigenvalue weighted by Crippen LogP contribution is -2.51. The van der Waals surface area contributed by atoms with Crippen molar-refractivity contribution in [3.8, 4) is 0 Å². The summed E-state index contributed by atoms with van der Waals surface area (Å²) < 4.78 is 5.41. The van der Waals surface area contributed by atoms with Crippen LogP contribution in [0.2, 0.25) is 0 Å². The molecule has 0 spiro atoms. The molecule has 0 aliphatic carbocycles. The normalized spacial score (nSPS) is 18.4. The number of aromatic nitrogens is 2. The molecule has 1 fully saturated rings. The lowest BCUT2D eigenvalue weighted by Gasteiger charge is -2.35. The minimum absolute atomic E-state index is 0.0855. The summed E-state index contributed by atoms with van der Waals surface area (Å²) in [4.78, 5) is 25.2. The Morgan fingerprint density at radius 2 is 2.35 bits per heavy atom. The molecule has 0 radical (unpaired) electrons. The van der Waals surface area contributed by atoms with E-state index in [2.05, 4.69) is 27.1 Å². The van der Waals surface area contributed by atoms with Gasteiger partial charge in [-0.15, -0.1) is 0 Å². The zero-order valence-corrected chi connectivity index (χ0v) is 15.7. The molecule has 2 aromatic rings. The number of furan rings is 1. The monoisotopic (exact) mass is 357 g/mol. The Morgan fingerprint density at radius 3 is 3.08 bits per heavy atom. The molecule has 140 valence electrons. The number of nitrogens with one attached hydrogen (secondary N) is 1. The van der Waals surface area contributed by atoms with Crippen molar-refractivity contribution in [3.63, 3.8) is 0 Å². The molecule has 3 rings (SSSR count). The van der Waals surface area contributed by atoms with Crippen molar-refractivity contribution >= 4 is 11.8 Å². The van der Waals surface area contributed by atoms with Gasteiger partial charge in [0.1, 0.15) is 17.9 Å². The summed E-state index contributed by atoms with van der Waals surface area (Å²) in [5, 5.41) is 3.15. The maximum absolute atomic E-state index is 12.6. The average molecular weight is 357 g/mol. The highest BCUT2D eigenvalue weighted by atomic mass is 16.3. The van der Waals surface area contributed by atoms with E-state index in [4.69, 9.17) is 4.42 Å². The lowest BCUT2D eigenvalue weighted by atomic mass is 10.1. The first-order valence-electron chi connectivity index (χ1n) is 9.21. The number of amides is 2. The van der Waals surface area contributed by atoms with Gasteiger partial charge in [0, 0.05) is 37.9 Å². The molecule has 1 aliphatic heterocycles. The second-order valence-corrected chi connectivity index (χ2v) is 6.76. The van der Waals surface area contributed by atoms with Crippen LogP contribution in [-0.4, -0.2) is 47.1 Å². The predicted octanol–water partition coefficient (Wildman–Crippen LogP) is 3.00. The van der Waals surface area contributed by atoms with Crippen molar-refractivity contribution in [2.24, 2.45) is 0 Å². The number of aryl methyl sites for hydroxylation is 1. The number of anilines is 1. The molecule has 3 heterocycles. The Bertz CT molecular complexity index is 718. The van der Waals surface area contributed by atoms with E-state index in [1.807, 2.05) is 25.1 Å². The van der Waals surface area contributed by atoms with Gasteiger partial charge in [-0.3, -0.25) is 0 Å². The van der Waals surface area contributed by atoms with Crippen LogP contribution in [0.3, 0.4) is 0 Å². The first-order chi connectivity index (χ1) is 12.6. The molecule has 2 atom stereocenters. The molecule has 1 aliphatic rings. The molecular weight excluding hydrogens is 330 g/mol. The van der Waals surface area contributed by atoms with Crippen molar-refractivity contribution in [1.29, 1.82) is 0 Å². The van der Waals surface area contributed by atoms with Gasteiger partial charge in [-0.25, -0.2) is 14.8 Å². The van der Waals surface area contributed by atoms with Crippen LogP contribution < -0.4 is 10.2 Å². The third kappa shape index (κ3) is 4.15. The Hall–Kier alpha value is -2.57. The quantitative estimate of drug-likeness (QED) is 0.890. The van der Waals surface area contributed by atoms with Gasteiger partial charge >= 0.3 is 6.03 Å². The minimum Gasteiger partial charge on any atom is -0.467 e. The van der Waals surface area contributed by atoms with E-state index in [-0.39, 0.29) is 18.1 Å². The highest BCUT2D eigenvalue weighted by molar-refractivity contribution is 5.74. The number of hydrogen-bond acceptors (Lipinski definition) is 5. The number of urea groups is 1. The van der Waals surface area contributed by atoms with Crippen molar-refractivity contribution < 1.29 is 9.21 Å². The summed E-state index contributed by atoms with van der Waals surface area (Å²) in [6.07, 6.45) is 6.13.